The zero-order chi connectivity index (χ0) is 29.4. The molecule has 220 valence electrons. The zero-order valence-electron chi connectivity index (χ0n) is 23.0. The Morgan fingerprint density at radius 1 is 1.21 bits per heavy atom. The monoisotopic (exact) mass is 597 g/mol. The van der Waals surface area contributed by atoms with Crippen LogP contribution in [-0.4, -0.2) is 52.4 Å². The molecule has 42 heavy (non-hydrogen) atoms. The van der Waals surface area contributed by atoms with Crippen molar-refractivity contribution in [3.63, 3.8) is 0 Å². The van der Waals surface area contributed by atoms with Crippen LogP contribution in [-0.2, 0) is 28.5 Å². The smallest absolute Gasteiger partial charge is 0.422 e. The van der Waals surface area contributed by atoms with Gasteiger partial charge in [0.15, 0.2) is 5.01 Å². The number of aryl methyl sites for hydroxylation is 2. The number of aliphatic hydroxyl groups excluding tert-OH is 1. The van der Waals surface area contributed by atoms with Crippen molar-refractivity contribution in [3.05, 3.63) is 70.9 Å². The molecule has 11 heteroatoms. The Labute approximate surface area is 244 Å². The highest BCUT2D eigenvalue weighted by Gasteiger charge is 2.42. The number of carbonyl (C=O) groups is 1. The summed E-state index contributed by atoms with van der Waals surface area (Å²) in [4.78, 5) is 19.7. The number of piperidine rings is 1. The Balaban J connectivity index is 1.24. The summed E-state index contributed by atoms with van der Waals surface area (Å²) in [6.45, 7) is 3.91. The summed E-state index contributed by atoms with van der Waals surface area (Å²) < 4.78 is 53.2. The Hall–Kier alpha value is -3.54. The minimum absolute atomic E-state index is 0.139. The molecule has 1 aliphatic carbocycles. The number of β-amino-alcohol motifs (C(OH)–C–C–N with tert-alkyl or cyclic N) is 1. The van der Waals surface area contributed by atoms with Gasteiger partial charge in [-0.15, -0.1) is 11.3 Å². The Kier molecular flexibility index (Phi) is 7.91. The lowest BCUT2D eigenvalue weighted by atomic mass is 9.91. The van der Waals surface area contributed by atoms with Crippen LogP contribution in [0.15, 0.2) is 53.1 Å². The number of halogens is 3. The second-order valence-corrected chi connectivity index (χ2v) is 11.7. The average Bonchev–Trinajstić information content (AvgIpc) is 3.63. The number of esters is 1. The summed E-state index contributed by atoms with van der Waals surface area (Å²) >= 11 is 1.16. The molecule has 2 aliphatic rings. The van der Waals surface area contributed by atoms with E-state index in [1.807, 2.05) is 18.2 Å². The van der Waals surface area contributed by atoms with Crippen LogP contribution in [0.5, 0.6) is 0 Å². The van der Waals surface area contributed by atoms with E-state index < -0.39 is 17.8 Å². The topological polar surface area (TPSA) is 88.7 Å². The van der Waals surface area contributed by atoms with Gasteiger partial charge in [0.1, 0.15) is 11.3 Å². The van der Waals surface area contributed by atoms with E-state index in [1.165, 1.54) is 0 Å². The Morgan fingerprint density at radius 3 is 2.79 bits per heavy atom. The van der Waals surface area contributed by atoms with Crippen LogP contribution < -0.4 is 0 Å². The third-order valence-electron chi connectivity index (χ3n) is 7.86. The minimum Gasteiger partial charge on any atom is -0.466 e. The molecule has 7 nitrogen and oxygen atoms in total. The van der Waals surface area contributed by atoms with E-state index in [9.17, 15) is 23.1 Å². The number of likely N-dealkylation sites (tertiary alicyclic amines) is 1. The summed E-state index contributed by atoms with van der Waals surface area (Å²) in [6, 6.07) is 13.9. The normalized spacial score (nSPS) is 17.9. The van der Waals surface area contributed by atoms with Crippen molar-refractivity contribution in [1.82, 2.24) is 15.0 Å². The number of nitrogens with zero attached hydrogens (tertiary/aromatic N) is 3. The Bertz CT molecular complexity index is 1580. The summed E-state index contributed by atoms with van der Waals surface area (Å²) in [7, 11) is 0. The number of carbonyl (C=O) groups excluding carboxylic acids is 1. The second kappa shape index (κ2) is 11.6. The van der Waals surface area contributed by atoms with Crippen LogP contribution in [0.3, 0.4) is 0 Å². The summed E-state index contributed by atoms with van der Waals surface area (Å²) in [5.41, 5.74) is 2.53. The quantitative estimate of drug-likeness (QED) is 0.242. The number of aliphatic hydroxyl groups is 1. The molecule has 1 fully saturated rings. The van der Waals surface area contributed by atoms with Crippen molar-refractivity contribution in [2.24, 2.45) is 5.92 Å². The predicted molar refractivity (Wildman–Crippen MR) is 152 cm³/mol. The van der Waals surface area contributed by atoms with Crippen LogP contribution in [0, 0.1) is 5.92 Å². The molecule has 2 aromatic heterocycles. The van der Waals surface area contributed by atoms with Crippen molar-refractivity contribution < 1.29 is 32.3 Å². The van der Waals surface area contributed by atoms with Crippen molar-refractivity contribution in [2.75, 3.05) is 26.2 Å². The lowest BCUT2D eigenvalue weighted by Crippen LogP contribution is -2.41. The van der Waals surface area contributed by atoms with E-state index in [2.05, 4.69) is 15.0 Å². The van der Waals surface area contributed by atoms with Gasteiger partial charge in [0.05, 0.1) is 29.2 Å². The van der Waals surface area contributed by atoms with Crippen LogP contribution in [0.1, 0.15) is 48.3 Å². The maximum Gasteiger partial charge on any atom is 0.422 e. The first kappa shape index (κ1) is 28.6. The molecule has 2 unspecified atom stereocenters. The number of benzene rings is 2. The van der Waals surface area contributed by atoms with Crippen molar-refractivity contribution >= 4 is 17.3 Å². The number of alkyl halides is 3. The van der Waals surface area contributed by atoms with Crippen LogP contribution in [0.4, 0.5) is 13.2 Å². The van der Waals surface area contributed by atoms with E-state index in [4.69, 9.17) is 9.26 Å². The maximum atomic E-state index is 14.2. The number of fused-ring (bicyclic) bond motifs is 3. The third-order valence-corrected chi connectivity index (χ3v) is 8.99. The van der Waals surface area contributed by atoms with Crippen molar-refractivity contribution in [3.8, 4) is 32.5 Å². The first-order valence-electron chi connectivity index (χ1n) is 14.1. The van der Waals surface area contributed by atoms with Crippen LogP contribution >= 0.6 is 11.3 Å². The second-order valence-electron chi connectivity index (χ2n) is 10.7. The van der Waals surface area contributed by atoms with E-state index in [-0.39, 0.29) is 28.3 Å². The molecule has 0 bridgehead atoms. The number of aromatic nitrogens is 2. The van der Waals surface area contributed by atoms with Gasteiger partial charge in [0.25, 0.3) is 0 Å². The van der Waals surface area contributed by atoms with E-state index >= 15 is 0 Å². The summed E-state index contributed by atoms with van der Waals surface area (Å²) in [6.07, 6.45) is -2.55. The lowest BCUT2D eigenvalue weighted by Gasteiger charge is -2.33. The van der Waals surface area contributed by atoms with Crippen LogP contribution in [0.2, 0.25) is 0 Å². The fraction of sp³-hybridized carbons (Fsp3) is 0.387. The molecule has 0 radical (unpaired) electrons. The van der Waals surface area contributed by atoms with Gasteiger partial charge < -0.3 is 14.4 Å². The van der Waals surface area contributed by atoms with Gasteiger partial charge >= 0.3 is 12.1 Å². The van der Waals surface area contributed by atoms with Gasteiger partial charge in [-0.2, -0.15) is 13.2 Å². The average molecular weight is 598 g/mol. The van der Waals surface area contributed by atoms with Gasteiger partial charge in [-0.05, 0) is 55.8 Å². The number of thiazole rings is 1. The molecule has 1 saturated heterocycles. The fourth-order valence-corrected chi connectivity index (χ4v) is 7.00. The summed E-state index contributed by atoms with van der Waals surface area (Å²) in [5.74, 6) is -0.745. The van der Waals surface area contributed by atoms with E-state index in [1.54, 1.807) is 37.3 Å². The highest BCUT2D eigenvalue weighted by Crippen LogP contribution is 2.47. The molecule has 3 heterocycles. The molecule has 1 N–H and O–H groups in total. The molecule has 2 aromatic carbocycles. The van der Waals surface area contributed by atoms with E-state index in [0.717, 1.165) is 58.0 Å². The standard InChI is InChI=1S/C31H30F3N3O4S/c1-2-40-30(39)21-9-6-14-37(16-21)17-24(38)20-10-12-22-19(15-20)11-13-23-28(22)42-29(35-23)27-25(31(32,33)34)26(36-41-27)18-7-4-3-5-8-18/h3-5,7-8,10,12,15,21,24,38H,2,6,9,11,13-14,16-17H2,1H3. The SMILES string of the molecule is CCOC(=O)C1CCCN(CC(O)c2ccc3c(c2)CCc2nc(-c4onc(-c5ccccc5)c4C(F)(F)F)sc2-3)C1. The maximum absolute atomic E-state index is 14.2. The molecular formula is C31H30F3N3O4S. The van der Waals surface area contributed by atoms with Crippen molar-refractivity contribution in [2.45, 2.75) is 44.9 Å². The predicted octanol–water partition coefficient (Wildman–Crippen LogP) is 6.56. The van der Waals surface area contributed by atoms with Crippen LogP contribution in [0.25, 0.3) is 32.5 Å². The molecule has 0 saturated carbocycles. The molecule has 2 atom stereocenters. The molecule has 4 aromatic rings. The third kappa shape index (κ3) is 5.60. The van der Waals surface area contributed by atoms with Gasteiger partial charge in [-0.1, -0.05) is 53.7 Å². The number of rotatable bonds is 7. The van der Waals surface area contributed by atoms with Crippen molar-refractivity contribution in [1.29, 1.82) is 0 Å². The molecular weight excluding hydrogens is 567 g/mol. The molecule has 0 amide bonds. The largest absolute Gasteiger partial charge is 0.466 e. The minimum atomic E-state index is -4.68. The van der Waals surface area contributed by atoms with Gasteiger partial charge in [-0.25, -0.2) is 4.98 Å². The molecule has 6 rings (SSSR count). The van der Waals surface area contributed by atoms with Gasteiger partial charge in [0, 0.05) is 18.7 Å². The van der Waals surface area contributed by atoms with Gasteiger partial charge in [0.2, 0.25) is 5.76 Å². The highest BCUT2D eigenvalue weighted by molar-refractivity contribution is 7.18. The zero-order valence-corrected chi connectivity index (χ0v) is 23.8. The molecule has 1 aliphatic heterocycles. The van der Waals surface area contributed by atoms with E-state index in [0.29, 0.717) is 38.1 Å². The highest BCUT2D eigenvalue weighted by atomic mass is 32.1. The lowest BCUT2D eigenvalue weighted by molar-refractivity contribution is -0.150. The Morgan fingerprint density at radius 2 is 2.02 bits per heavy atom. The number of hydrogen-bond acceptors (Lipinski definition) is 8. The fourth-order valence-electron chi connectivity index (χ4n) is 5.85. The first-order chi connectivity index (χ1) is 20.2. The summed E-state index contributed by atoms with van der Waals surface area (Å²) in [5, 5.41) is 15.0. The van der Waals surface area contributed by atoms with Gasteiger partial charge in [-0.3, -0.25) is 9.69 Å². The first-order valence-corrected chi connectivity index (χ1v) is 14.9. The molecule has 0 spiro atoms. The number of ether oxygens (including phenoxy) is 1. The number of hydrogen-bond donors (Lipinski definition) is 1.